The maximum Gasteiger partial charge on any atom is 0.271 e. The molecule has 1 aromatic carbocycles. The Morgan fingerprint density at radius 1 is 1.17 bits per heavy atom. The van der Waals surface area contributed by atoms with E-state index in [1.165, 1.54) is 30.3 Å². The summed E-state index contributed by atoms with van der Waals surface area (Å²) in [5, 5.41) is 2.92. The van der Waals surface area contributed by atoms with E-state index in [0.717, 1.165) is 11.3 Å². The zero-order valence-corrected chi connectivity index (χ0v) is 15.4. The Kier molecular flexibility index (Phi) is 5.57. The van der Waals surface area contributed by atoms with Crippen LogP contribution >= 0.6 is 34.5 Å². The molecular weight excluding hydrogens is 379 g/mol. The van der Waals surface area contributed by atoms with Crippen molar-refractivity contribution in [2.24, 2.45) is 0 Å². The van der Waals surface area contributed by atoms with E-state index < -0.39 is 10.0 Å². The molecule has 0 saturated heterocycles. The lowest BCUT2D eigenvalue weighted by Gasteiger charge is -2.12. The number of hydrogen-bond donors (Lipinski definition) is 2. The summed E-state index contributed by atoms with van der Waals surface area (Å²) in [6, 6.07) is 7.25. The minimum atomic E-state index is -3.81. The summed E-state index contributed by atoms with van der Waals surface area (Å²) < 4.78 is 27.4. The summed E-state index contributed by atoms with van der Waals surface area (Å²) in [6.07, 6.45) is 0. The summed E-state index contributed by atoms with van der Waals surface area (Å²) in [7, 11) is -3.81. The second kappa shape index (κ2) is 7.09. The first-order valence-electron chi connectivity index (χ1n) is 6.57. The maximum atomic E-state index is 12.3. The number of rotatable bonds is 5. The molecule has 124 valence electrons. The van der Waals surface area contributed by atoms with Crippen molar-refractivity contribution >= 4 is 56.2 Å². The second-order valence-corrected chi connectivity index (χ2v) is 9.02. The zero-order valence-electron chi connectivity index (χ0n) is 12.3. The number of anilines is 1. The van der Waals surface area contributed by atoms with Gasteiger partial charge in [-0.3, -0.25) is 9.52 Å². The standard InChI is InChI=1S/C14H14Cl2N2O3S2/c1-8(2)17-14(19)9-3-4-10(15)11(7-9)18-23(20,21)13-6-5-12(16)22-13/h3-8,18H,1-2H3,(H,17,19). The predicted molar refractivity (Wildman–Crippen MR) is 94.2 cm³/mol. The molecular formula is C14H14Cl2N2O3S2. The smallest absolute Gasteiger partial charge is 0.271 e. The number of carbonyl (C=O) groups excluding carboxylic acids is 1. The number of hydrogen-bond acceptors (Lipinski definition) is 4. The molecule has 2 N–H and O–H groups in total. The van der Waals surface area contributed by atoms with Crippen LogP contribution in [0.25, 0.3) is 0 Å². The van der Waals surface area contributed by atoms with E-state index in [1.54, 1.807) is 0 Å². The van der Waals surface area contributed by atoms with Gasteiger partial charge in [0.15, 0.2) is 0 Å². The SMILES string of the molecule is CC(C)NC(=O)c1ccc(Cl)c(NS(=O)(=O)c2ccc(Cl)s2)c1. The van der Waals surface area contributed by atoms with Crippen LogP contribution in [0.15, 0.2) is 34.5 Å². The number of amides is 1. The van der Waals surface area contributed by atoms with Crippen molar-refractivity contribution in [2.75, 3.05) is 4.72 Å². The van der Waals surface area contributed by atoms with E-state index in [9.17, 15) is 13.2 Å². The van der Waals surface area contributed by atoms with Gasteiger partial charge in [0.25, 0.3) is 15.9 Å². The van der Waals surface area contributed by atoms with E-state index >= 15 is 0 Å². The minimum absolute atomic E-state index is 0.0356. The van der Waals surface area contributed by atoms with Gasteiger partial charge in [0, 0.05) is 11.6 Å². The van der Waals surface area contributed by atoms with Crippen LogP contribution in [0.1, 0.15) is 24.2 Å². The second-order valence-electron chi connectivity index (χ2n) is 4.99. The molecule has 0 saturated carbocycles. The summed E-state index contributed by atoms with van der Waals surface area (Å²) in [5.74, 6) is -0.309. The molecule has 2 rings (SSSR count). The van der Waals surface area contributed by atoms with Crippen LogP contribution in [0.5, 0.6) is 0 Å². The van der Waals surface area contributed by atoms with E-state index in [2.05, 4.69) is 10.0 Å². The average molecular weight is 393 g/mol. The minimum Gasteiger partial charge on any atom is -0.350 e. The first kappa shape index (κ1) is 18.1. The molecule has 0 bridgehead atoms. The van der Waals surface area contributed by atoms with Crippen LogP contribution in [0.4, 0.5) is 5.69 Å². The molecule has 1 heterocycles. The Morgan fingerprint density at radius 3 is 2.43 bits per heavy atom. The van der Waals surface area contributed by atoms with Crippen molar-refractivity contribution in [1.82, 2.24) is 5.32 Å². The number of nitrogens with one attached hydrogen (secondary N) is 2. The number of sulfonamides is 1. The highest BCUT2D eigenvalue weighted by Crippen LogP contribution is 2.30. The van der Waals surface area contributed by atoms with Gasteiger partial charge in [-0.15, -0.1) is 11.3 Å². The lowest BCUT2D eigenvalue weighted by Crippen LogP contribution is -2.30. The maximum absolute atomic E-state index is 12.3. The van der Waals surface area contributed by atoms with Gasteiger partial charge in [0.1, 0.15) is 4.21 Å². The molecule has 9 heteroatoms. The largest absolute Gasteiger partial charge is 0.350 e. The van der Waals surface area contributed by atoms with E-state index in [-0.39, 0.29) is 26.9 Å². The van der Waals surface area contributed by atoms with E-state index in [0.29, 0.717) is 9.90 Å². The number of carbonyl (C=O) groups is 1. The van der Waals surface area contributed by atoms with E-state index in [1.807, 2.05) is 13.8 Å². The fourth-order valence-corrected chi connectivity index (χ4v) is 4.50. The Morgan fingerprint density at radius 2 is 1.87 bits per heavy atom. The topological polar surface area (TPSA) is 75.3 Å². The molecule has 0 aliphatic heterocycles. The van der Waals surface area contributed by atoms with Crippen molar-refractivity contribution in [1.29, 1.82) is 0 Å². The van der Waals surface area contributed by atoms with Gasteiger partial charge < -0.3 is 5.32 Å². The highest BCUT2D eigenvalue weighted by molar-refractivity contribution is 7.94. The zero-order chi connectivity index (χ0) is 17.2. The first-order valence-corrected chi connectivity index (χ1v) is 9.63. The lowest BCUT2D eigenvalue weighted by molar-refractivity contribution is 0.0943. The van der Waals surface area contributed by atoms with Crippen LogP contribution < -0.4 is 10.0 Å². The van der Waals surface area contributed by atoms with E-state index in [4.69, 9.17) is 23.2 Å². The molecule has 23 heavy (non-hydrogen) atoms. The molecule has 1 aromatic heterocycles. The molecule has 0 spiro atoms. The van der Waals surface area contributed by atoms with Crippen molar-refractivity contribution in [3.8, 4) is 0 Å². The Labute approximate surface area is 148 Å². The highest BCUT2D eigenvalue weighted by Gasteiger charge is 2.19. The van der Waals surface area contributed by atoms with Crippen molar-refractivity contribution in [2.45, 2.75) is 24.1 Å². The predicted octanol–water partition coefficient (Wildman–Crippen LogP) is 3.99. The third kappa shape index (κ3) is 4.60. The molecule has 0 radical (unpaired) electrons. The lowest BCUT2D eigenvalue weighted by atomic mass is 10.2. The van der Waals surface area contributed by atoms with Crippen LogP contribution in [-0.2, 0) is 10.0 Å². The van der Waals surface area contributed by atoms with Crippen molar-refractivity contribution in [3.05, 3.63) is 45.3 Å². The monoisotopic (exact) mass is 392 g/mol. The number of halogens is 2. The van der Waals surface area contributed by atoms with Crippen LogP contribution in [0.3, 0.4) is 0 Å². The first-order chi connectivity index (χ1) is 10.7. The van der Waals surface area contributed by atoms with Gasteiger partial charge in [-0.05, 0) is 44.2 Å². The molecule has 2 aromatic rings. The summed E-state index contributed by atoms with van der Waals surface area (Å²) >= 11 is 12.7. The highest BCUT2D eigenvalue weighted by atomic mass is 35.5. The molecule has 0 unspecified atom stereocenters. The molecule has 5 nitrogen and oxygen atoms in total. The summed E-state index contributed by atoms with van der Waals surface area (Å²) in [5.41, 5.74) is 0.442. The van der Waals surface area contributed by atoms with Gasteiger partial charge in [-0.25, -0.2) is 8.42 Å². The summed E-state index contributed by atoms with van der Waals surface area (Å²) in [4.78, 5) is 12.0. The number of thiophene rings is 1. The van der Waals surface area contributed by atoms with Gasteiger partial charge in [0.2, 0.25) is 0 Å². The fourth-order valence-electron chi connectivity index (χ4n) is 1.73. The third-order valence-corrected chi connectivity index (χ3v) is 6.12. The van der Waals surface area contributed by atoms with Gasteiger partial charge >= 0.3 is 0 Å². The molecule has 0 aliphatic rings. The Balaban J connectivity index is 2.31. The van der Waals surface area contributed by atoms with Crippen LogP contribution in [0, 0.1) is 0 Å². The Hall–Kier alpha value is -1.28. The van der Waals surface area contributed by atoms with Gasteiger partial charge in [-0.1, -0.05) is 23.2 Å². The summed E-state index contributed by atoms with van der Waals surface area (Å²) in [6.45, 7) is 3.66. The quantitative estimate of drug-likeness (QED) is 0.807. The Bertz CT molecular complexity index is 832. The van der Waals surface area contributed by atoms with Crippen LogP contribution in [0.2, 0.25) is 9.36 Å². The number of benzene rings is 1. The van der Waals surface area contributed by atoms with Crippen molar-refractivity contribution in [3.63, 3.8) is 0 Å². The third-order valence-electron chi connectivity index (χ3n) is 2.71. The molecule has 0 aliphatic carbocycles. The van der Waals surface area contributed by atoms with Crippen molar-refractivity contribution < 1.29 is 13.2 Å². The average Bonchev–Trinajstić information content (AvgIpc) is 2.87. The van der Waals surface area contributed by atoms with Gasteiger partial charge in [-0.2, -0.15) is 0 Å². The normalized spacial score (nSPS) is 11.5. The fraction of sp³-hybridized carbons (Fsp3) is 0.214. The molecule has 1 amide bonds. The van der Waals surface area contributed by atoms with Gasteiger partial charge in [0.05, 0.1) is 15.0 Å². The van der Waals surface area contributed by atoms with Crippen LogP contribution in [-0.4, -0.2) is 20.4 Å². The molecule has 0 fully saturated rings. The molecule has 0 atom stereocenters.